The zero-order valence-electron chi connectivity index (χ0n) is 15.0. The molecule has 0 aliphatic heterocycles. The first-order chi connectivity index (χ1) is 10.0. The standard InChI is InChI=1S/C17H32N2O3/c1-7-14(20)19(13-9-8-10-13)12-17(5,6)11-18-15(21)22-16(2,3)4/h13H,7-12H2,1-6H3,(H,18,21). The van der Waals surface area contributed by atoms with Crippen LogP contribution in [-0.4, -0.2) is 41.6 Å². The van der Waals surface area contributed by atoms with Crippen LogP contribution < -0.4 is 5.32 Å². The predicted molar refractivity (Wildman–Crippen MR) is 87.7 cm³/mol. The van der Waals surface area contributed by atoms with E-state index in [1.54, 1.807) is 0 Å². The van der Waals surface area contributed by atoms with E-state index in [1.165, 1.54) is 6.42 Å². The van der Waals surface area contributed by atoms with Crippen LogP contribution in [0.15, 0.2) is 0 Å². The maximum Gasteiger partial charge on any atom is 0.407 e. The lowest BCUT2D eigenvalue weighted by Crippen LogP contribution is -2.50. The summed E-state index contributed by atoms with van der Waals surface area (Å²) in [6.07, 6.45) is 3.53. The van der Waals surface area contributed by atoms with E-state index in [0.29, 0.717) is 25.6 Å². The molecular weight excluding hydrogens is 280 g/mol. The Balaban J connectivity index is 2.53. The molecule has 0 aromatic rings. The number of nitrogens with one attached hydrogen (secondary N) is 1. The lowest BCUT2D eigenvalue weighted by Gasteiger charge is -2.42. The van der Waals surface area contributed by atoms with Crippen LogP contribution in [0, 0.1) is 5.41 Å². The largest absolute Gasteiger partial charge is 0.444 e. The van der Waals surface area contributed by atoms with Crippen LogP contribution >= 0.6 is 0 Å². The van der Waals surface area contributed by atoms with Crippen LogP contribution in [0.5, 0.6) is 0 Å². The van der Waals surface area contributed by atoms with E-state index >= 15 is 0 Å². The molecule has 0 atom stereocenters. The van der Waals surface area contributed by atoms with E-state index in [-0.39, 0.29) is 11.3 Å². The van der Waals surface area contributed by atoms with Gasteiger partial charge in [-0.1, -0.05) is 20.8 Å². The maximum absolute atomic E-state index is 12.2. The number of carbonyl (C=O) groups is 2. The second-order valence-electron chi connectivity index (χ2n) is 7.98. The molecule has 2 amide bonds. The van der Waals surface area contributed by atoms with E-state index in [4.69, 9.17) is 4.74 Å². The molecule has 0 bridgehead atoms. The van der Waals surface area contributed by atoms with Crippen molar-refractivity contribution in [3.63, 3.8) is 0 Å². The number of nitrogens with zero attached hydrogens (tertiary/aromatic N) is 1. The van der Waals surface area contributed by atoms with Gasteiger partial charge in [0.2, 0.25) is 5.91 Å². The van der Waals surface area contributed by atoms with Gasteiger partial charge in [-0.25, -0.2) is 4.79 Å². The molecule has 1 N–H and O–H groups in total. The van der Waals surface area contributed by atoms with Crippen molar-refractivity contribution >= 4 is 12.0 Å². The zero-order valence-corrected chi connectivity index (χ0v) is 15.0. The summed E-state index contributed by atoms with van der Waals surface area (Å²) in [4.78, 5) is 25.9. The molecule has 1 aliphatic rings. The van der Waals surface area contributed by atoms with Crippen molar-refractivity contribution in [3.8, 4) is 0 Å². The van der Waals surface area contributed by atoms with Gasteiger partial charge in [-0.2, -0.15) is 0 Å². The van der Waals surface area contributed by atoms with Crippen LogP contribution in [0.3, 0.4) is 0 Å². The molecule has 1 rings (SSSR count). The number of hydrogen-bond acceptors (Lipinski definition) is 3. The quantitative estimate of drug-likeness (QED) is 0.818. The summed E-state index contributed by atoms with van der Waals surface area (Å²) < 4.78 is 5.26. The number of rotatable bonds is 6. The third-order valence-electron chi connectivity index (χ3n) is 3.85. The number of carbonyl (C=O) groups excluding carboxylic acids is 2. The average molecular weight is 312 g/mol. The van der Waals surface area contributed by atoms with Gasteiger partial charge in [0.15, 0.2) is 0 Å². The Hall–Kier alpha value is -1.26. The molecule has 128 valence electrons. The van der Waals surface area contributed by atoms with Gasteiger partial charge in [-0.3, -0.25) is 4.79 Å². The molecule has 0 aromatic heterocycles. The summed E-state index contributed by atoms with van der Waals surface area (Å²) in [5, 5.41) is 2.82. The highest BCUT2D eigenvalue weighted by molar-refractivity contribution is 5.76. The van der Waals surface area contributed by atoms with Crippen molar-refractivity contribution in [1.29, 1.82) is 0 Å². The molecule has 1 aliphatic carbocycles. The second kappa shape index (κ2) is 7.34. The van der Waals surface area contributed by atoms with Crippen molar-refractivity contribution in [2.24, 2.45) is 5.41 Å². The van der Waals surface area contributed by atoms with Gasteiger partial charge in [-0.05, 0) is 45.4 Å². The molecule has 5 nitrogen and oxygen atoms in total. The fraction of sp³-hybridized carbons (Fsp3) is 0.882. The summed E-state index contributed by atoms with van der Waals surface area (Å²) >= 11 is 0. The zero-order chi connectivity index (χ0) is 17.0. The molecule has 0 radical (unpaired) electrons. The van der Waals surface area contributed by atoms with Crippen molar-refractivity contribution < 1.29 is 14.3 Å². The topological polar surface area (TPSA) is 58.6 Å². The number of hydrogen-bond donors (Lipinski definition) is 1. The highest BCUT2D eigenvalue weighted by Crippen LogP contribution is 2.28. The van der Waals surface area contributed by atoms with E-state index in [0.717, 1.165) is 12.8 Å². The van der Waals surface area contributed by atoms with Crippen LogP contribution in [0.4, 0.5) is 4.79 Å². The monoisotopic (exact) mass is 312 g/mol. The first-order valence-corrected chi connectivity index (χ1v) is 8.30. The van der Waals surface area contributed by atoms with Gasteiger partial charge in [-0.15, -0.1) is 0 Å². The molecule has 0 unspecified atom stereocenters. The minimum absolute atomic E-state index is 0.183. The molecule has 1 fully saturated rings. The third-order valence-corrected chi connectivity index (χ3v) is 3.85. The van der Waals surface area contributed by atoms with E-state index < -0.39 is 11.7 Å². The highest BCUT2D eigenvalue weighted by atomic mass is 16.6. The molecule has 5 heteroatoms. The Morgan fingerprint density at radius 1 is 1.18 bits per heavy atom. The predicted octanol–water partition coefficient (Wildman–Crippen LogP) is 3.33. The minimum Gasteiger partial charge on any atom is -0.444 e. The fourth-order valence-corrected chi connectivity index (χ4v) is 2.47. The summed E-state index contributed by atoms with van der Waals surface area (Å²) in [6, 6.07) is 0.383. The maximum atomic E-state index is 12.2. The number of ether oxygens (including phenoxy) is 1. The van der Waals surface area contributed by atoms with E-state index in [1.807, 2.05) is 32.6 Å². The lowest BCUT2D eigenvalue weighted by atomic mass is 9.87. The highest BCUT2D eigenvalue weighted by Gasteiger charge is 2.33. The van der Waals surface area contributed by atoms with Crippen LogP contribution in [0.1, 0.15) is 67.2 Å². The van der Waals surface area contributed by atoms with Gasteiger partial charge in [0, 0.05) is 25.6 Å². The molecule has 22 heavy (non-hydrogen) atoms. The number of alkyl carbamates (subject to hydrolysis) is 1. The molecular formula is C17H32N2O3. The average Bonchev–Trinajstić information content (AvgIpc) is 2.30. The van der Waals surface area contributed by atoms with Crippen LogP contribution in [0.2, 0.25) is 0 Å². The van der Waals surface area contributed by atoms with Crippen LogP contribution in [-0.2, 0) is 9.53 Å². The first kappa shape index (κ1) is 18.8. The molecule has 0 heterocycles. The molecule has 0 spiro atoms. The number of amides is 2. The second-order valence-corrected chi connectivity index (χ2v) is 7.98. The van der Waals surface area contributed by atoms with Crippen molar-refractivity contribution in [1.82, 2.24) is 10.2 Å². The first-order valence-electron chi connectivity index (χ1n) is 8.30. The Morgan fingerprint density at radius 3 is 2.18 bits per heavy atom. The summed E-state index contributed by atoms with van der Waals surface area (Å²) in [5.41, 5.74) is -0.679. The van der Waals surface area contributed by atoms with E-state index in [9.17, 15) is 9.59 Å². The fourth-order valence-electron chi connectivity index (χ4n) is 2.47. The summed E-state index contributed by atoms with van der Waals surface area (Å²) in [7, 11) is 0. The summed E-state index contributed by atoms with van der Waals surface area (Å²) in [6.45, 7) is 12.7. The van der Waals surface area contributed by atoms with Gasteiger partial charge >= 0.3 is 6.09 Å². The van der Waals surface area contributed by atoms with Gasteiger partial charge < -0.3 is 15.0 Å². The van der Waals surface area contributed by atoms with Gasteiger partial charge in [0.25, 0.3) is 0 Å². The van der Waals surface area contributed by atoms with Gasteiger partial charge in [0.1, 0.15) is 5.60 Å². The van der Waals surface area contributed by atoms with Crippen LogP contribution in [0.25, 0.3) is 0 Å². The van der Waals surface area contributed by atoms with Crippen molar-refractivity contribution in [3.05, 3.63) is 0 Å². The Kier molecular flexibility index (Phi) is 6.27. The third kappa shape index (κ3) is 6.24. The molecule has 1 saturated carbocycles. The smallest absolute Gasteiger partial charge is 0.407 e. The SMILES string of the molecule is CCC(=O)N(CC(C)(C)CNC(=O)OC(C)(C)C)C1CCC1. The Bertz CT molecular complexity index is 395. The molecule has 0 saturated heterocycles. The minimum atomic E-state index is -0.496. The Labute approximate surface area is 134 Å². The Morgan fingerprint density at radius 2 is 1.77 bits per heavy atom. The van der Waals surface area contributed by atoms with Crippen molar-refractivity contribution in [2.75, 3.05) is 13.1 Å². The van der Waals surface area contributed by atoms with Gasteiger partial charge in [0.05, 0.1) is 0 Å². The molecule has 0 aromatic carbocycles. The normalized spacial score (nSPS) is 15.9. The lowest BCUT2D eigenvalue weighted by molar-refractivity contribution is -0.136. The van der Waals surface area contributed by atoms with Crippen molar-refractivity contribution in [2.45, 2.75) is 78.9 Å². The van der Waals surface area contributed by atoms with E-state index in [2.05, 4.69) is 19.2 Å². The summed E-state index contributed by atoms with van der Waals surface area (Å²) in [5.74, 6) is 0.204.